The van der Waals surface area contributed by atoms with Crippen molar-refractivity contribution in [2.45, 2.75) is 38.6 Å². The number of aromatic nitrogens is 1. The van der Waals surface area contributed by atoms with Crippen LogP contribution >= 0.6 is 34.5 Å². The van der Waals surface area contributed by atoms with Crippen LogP contribution < -0.4 is 5.32 Å². The quantitative estimate of drug-likeness (QED) is 0.795. The molecule has 0 saturated carbocycles. The molecule has 1 aliphatic rings. The van der Waals surface area contributed by atoms with E-state index in [0.29, 0.717) is 16.1 Å². The van der Waals surface area contributed by atoms with E-state index in [9.17, 15) is 0 Å². The summed E-state index contributed by atoms with van der Waals surface area (Å²) in [6, 6.07) is 5.99. The molecule has 2 nitrogen and oxygen atoms in total. The van der Waals surface area contributed by atoms with Crippen molar-refractivity contribution in [3.05, 3.63) is 38.8 Å². The summed E-state index contributed by atoms with van der Waals surface area (Å²) < 4.78 is 0. The van der Waals surface area contributed by atoms with Crippen LogP contribution in [-0.2, 0) is 6.42 Å². The van der Waals surface area contributed by atoms with Gasteiger partial charge in [-0.25, -0.2) is 4.98 Å². The summed E-state index contributed by atoms with van der Waals surface area (Å²) in [6.07, 6.45) is 4.62. The van der Waals surface area contributed by atoms with Crippen LogP contribution in [0.5, 0.6) is 0 Å². The third kappa shape index (κ3) is 3.11. The van der Waals surface area contributed by atoms with Crippen molar-refractivity contribution in [1.29, 1.82) is 0 Å². The fourth-order valence-electron chi connectivity index (χ4n) is 2.74. The van der Waals surface area contributed by atoms with E-state index in [1.165, 1.54) is 17.0 Å². The molecule has 1 aromatic heterocycles. The summed E-state index contributed by atoms with van der Waals surface area (Å²) in [6.45, 7) is 3.22. The molecular weight excluding hydrogens is 323 g/mol. The Hall–Kier alpha value is -0.610. The van der Waals surface area contributed by atoms with Gasteiger partial charge in [-0.15, -0.1) is 11.3 Å². The smallest absolute Gasteiger partial charge is 0.126 e. The maximum Gasteiger partial charge on any atom is 0.126 e. The first-order chi connectivity index (χ1) is 10.2. The minimum Gasteiger partial charge on any atom is -0.309 e. The van der Waals surface area contributed by atoms with Crippen molar-refractivity contribution in [2.75, 3.05) is 6.54 Å². The predicted octanol–water partition coefficient (Wildman–Crippen LogP) is 5.49. The maximum absolute atomic E-state index is 6.31. The van der Waals surface area contributed by atoms with Crippen molar-refractivity contribution in [3.8, 4) is 10.6 Å². The van der Waals surface area contributed by atoms with Crippen molar-refractivity contribution in [2.24, 2.45) is 0 Å². The Morgan fingerprint density at radius 1 is 1.33 bits per heavy atom. The molecule has 1 aromatic carbocycles. The Labute approximate surface area is 139 Å². The van der Waals surface area contributed by atoms with Gasteiger partial charge in [0.15, 0.2) is 0 Å². The minimum atomic E-state index is 0.375. The zero-order chi connectivity index (χ0) is 14.8. The van der Waals surface area contributed by atoms with E-state index >= 15 is 0 Å². The van der Waals surface area contributed by atoms with Crippen LogP contribution in [0, 0.1) is 0 Å². The van der Waals surface area contributed by atoms with E-state index in [-0.39, 0.29) is 0 Å². The van der Waals surface area contributed by atoms with Gasteiger partial charge in [-0.1, -0.05) is 36.2 Å². The first kappa shape index (κ1) is 15.3. The number of halogens is 2. The van der Waals surface area contributed by atoms with Crippen LogP contribution in [0.25, 0.3) is 10.6 Å². The van der Waals surface area contributed by atoms with E-state index in [1.807, 2.05) is 18.2 Å². The molecule has 21 heavy (non-hydrogen) atoms. The molecule has 0 saturated heterocycles. The van der Waals surface area contributed by atoms with E-state index in [0.717, 1.165) is 36.4 Å². The van der Waals surface area contributed by atoms with Gasteiger partial charge in [-0.05, 0) is 44.4 Å². The lowest BCUT2D eigenvalue weighted by Gasteiger charge is -2.22. The molecule has 1 heterocycles. The van der Waals surface area contributed by atoms with E-state index in [1.54, 1.807) is 11.3 Å². The number of hydrogen-bond acceptors (Lipinski definition) is 3. The molecule has 1 aliphatic carbocycles. The Morgan fingerprint density at radius 3 is 2.81 bits per heavy atom. The van der Waals surface area contributed by atoms with Gasteiger partial charge in [0.2, 0.25) is 0 Å². The van der Waals surface area contributed by atoms with Gasteiger partial charge in [-0.2, -0.15) is 0 Å². The molecule has 1 atom stereocenters. The molecule has 1 unspecified atom stereocenters. The Kier molecular flexibility index (Phi) is 4.85. The molecule has 0 radical (unpaired) electrons. The fraction of sp³-hybridized carbons (Fsp3) is 0.438. The third-order valence-corrected chi connectivity index (χ3v) is 5.55. The Morgan fingerprint density at radius 2 is 2.10 bits per heavy atom. The van der Waals surface area contributed by atoms with Gasteiger partial charge in [0.05, 0.1) is 21.8 Å². The summed E-state index contributed by atoms with van der Waals surface area (Å²) in [4.78, 5) is 6.24. The third-order valence-electron chi connectivity index (χ3n) is 3.77. The molecule has 0 amide bonds. The number of aryl methyl sites for hydroxylation is 1. The Bertz CT molecular complexity index is 619. The molecule has 0 aliphatic heterocycles. The molecule has 0 bridgehead atoms. The van der Waals surface area contributed by atoms with Gasteiger partial charge in [-0.3, -0.25) is 0 Å². The summed E-state index contributed by atoms with van der Waals surface area (Å²) in [5, 5.41) is 5.89. The number of fused-ring (bicyclic) bond motifs is 1. The standard InChI is InChI=1S/C16H18Cl2N2S/c1-2-9-19-12-7-4-8-13-15(12)20-16(21-13)14-10(17)5-3-6-11(14)18/h3,5-6,12,19H,2,4,7-9H2,1H3. The van der Waals surface area contributed by atoms with E-state index in [2.05, 4.69) is 12.2 Å². The van der Waals surface area contributed by atoms with Crippen LogP contribution in [-0.4, -0.2) is 11.5 Å². The van der Waals surface area contributed by atoms with Crippen molar-refractivity contribution < 1.29 is 0 Å². The molecule has 0 spiro atoms. The normalized spacial score (nSPS) is 17.8. The lowest BCUT2D eigenvalue weighted by atomic mass is 9.97. The van der Waals surface area contributed by atoms with Gasteiger partial charge in [0, 0.05) is 10.4 Å². The molecule has 1 N–H and O–H groups in total. The number of benzene rings is 1. The molecule has 5 heteroatoms. The summed E-state index contributed by atoms with van der Waals surface area (Å²) >= 11 is 14.4. The average molecular weight is 341 g/mol. The molecule has 112 valence electrons. The highest BCUT2D eigenvalue weighted by molar-refractivity contribution is 7.15. The van der Waals surface area contributed by atoms with Crippen molar-refractivity contribution in [3.63, 3.8) is 0 Å². The van der Waals surface area contributed by atoms with Gasteiger partial charge < -0.3 is 5.32 Å². The Balaban J connectivity index is 1.98. The molecular formula is C16H18Cl2N2S. The number of hydrogen-bond donors (Lipinski definition) is 1. The first-order valence-corrected chi connectivity index (χ1v) is 8.95. The zero-order valence-corrected chi connectivity index (χ0v) is 14.3. The zero-order valence-electron chi connectivity index (χ0n) is 12.0. The highest BCUT2D eigenvalue weighted by Gasteiger charge is 2.25. The number of rotatable bonds is 4. The van der Waals surface area contributed by atoms with Crippen LogP contribution in [0.15, 0.2) is 18.2 Å². The second-order valence-electron chi connectivity index (χ2n) is 5.32. The van der Waals surface area contributed by atoms with Gasteiger partial charge in [0.1, 0.15) is 5.01 Å². The average Bonchev–Trinajstić information content (AvgIpc) is 2.89. The number of nitrogens with zero attached hydrogens (tertiary/aromatic N) is 1. The summed E-state index contributed by atoms with van der Waals surface area (Å²) in [5.74, 6) is 0. The minimum absolute atomic E-state index is 0.375. The summed E-state index contributed by atoms with van der Waals surface area (Å²) in [7, 11) is 0. The lowest BCUT2D eigenvalue weighted by Crippen LogP contribution is -2.25. The number of nitrogens with one attached hydrogen (secondary N) is 1. The van der Waals surface area contributed by atoms with Crippen LogP contribution in [0.4, 0.5) is 0 Å². The SMILES string of the molecule is CCCNC1CCCc2sc(-c3c(Cl)cccc3Cl)nc21. The predicted molar refractivity (Wildman–Crippen MR) is 91.5 cm³/mol. The van der Waals surface area contributed by atoms with E-state index < -0.39 is 0 Å². The fourth-order valence-corrected chi connectivity index (χ4v) is 4.67. The second-order valence-corrected chi connectivity index (χ2v) is 7.22. The maximum atomic E-state index is 6.31. The lowest BCUT2D eigenvalue weighted by molar-refractivity contribution is 0.454. The number of thiazole rings is 1. The monoisotopic (exact) mass is 340 g/mol. The molecule has 2 aromatic rings. The van der Waals surface area contributed by atoms with Crippen LogP contribution in [0.3, 0.4) is 0 Å². The molecule has 3 rings (SSSR count). The topological polar surface area (TPSA) is 24.9 Å². The second kappa shape index (κ2) is 6.66. The molecule has 0 fully saturated rings. The van der Waals surface area contributed by atoms with Crippen LogP contribution in [0.2, 0.25) is 10.0 Å². The van der Waals surface area contributed by atoms with Gasteiger partial charge in [0.25, 0.3) is 0 Å². The largest absolute Gasteiger partial charge is 0.309 e. The highest BCUT2D eigenvalue weighted by Crippen LogP contribution is 2.41. The first-order valence-electron chi connectivity index (χ1n) is 7.38. The van der Waals surface area contributed by atoms with Crippen LogP contribution in [0.1, 0.15) is 42.8 Å². The van der Waals surface area contributed by atoms with E-state index in [4.69, 9.17) is 28.2 Å². The van der Waals surface area contributed by atoms with Crippen molar-refractivity contribution >= 4 is 34.5 Å². The van der Waals surface area contributed by atoms with Crippen molar-refractivity contribution in [1.82, 2.24) is 10.3 Å². The highest BCUT2D eigenvalue weighted by atomic mass is 35.5. The summed E-state index contributed by atoms with van der Waals surface area (Å²) in [5.41, 5.74) is 2.07. The van der Waals surface area contributed by atoms with Gasteiger partial charge >= 0.3 is 0 Å².